The minimum atomic E-state index is -0.702. The van der Waals surface area contributed by atoms with E-state index >= 15 is 0 Å². The fourth-order valence-corrected chi connectivity index (χ4v) is 2.57. The molecule has 1 aromatic carbocycles. The first-order chi connectivity index (χ1) is 11.8. The molecule has 132 valence electrons. The number of hydroxylamine groups is 2. The molecule has 0 unspecified atom stereocenters. The fraction of sp³-hybridized carbons (Fsp3) is 0.353. The van der Waals surface area contributed by atoms with Gasteiger partial charge >= 0.3 is 0 Å². The summed E-state index contributed by atoms with van der Waals surface area (Å²) < 4.78 is 0. The summed E-state index contributed by atoms with van der Waals surface area (Å²) in [5, 5.41) is 22.7. The number of hydrogen-bond donors (Lipinski definition) is 2. The van der Waals surface area contributed by atoms with E-state index in [2.05, 4.69) is 11.4 Å². The van der Waals surface area contributed by atoms with Crippen LogP contribution in [-0.2, 0) is 9.59 Å². The van der Waals surface area contributed by atoms with Crippen molar-refractivity contribution in [2.45, 2.75) is 31.2 Å². The Morgan fingerprint density at radius 3 is 2.72 bits per heavy atom. The van der Waals surface area contributed by atoms with Gasteiger partial charge in [-0.2, -0.15) is 5.26 Å². The lowest BCUT2D eigenvalue weighted by Crippen LogP contribution is -2.36. The Bertz CT molecular complexity index is 739. The molecule has 2 N–H and O–H groups in total. The summed E-state index contributed by atoms with van der Waals surface area (Å²) in [6.45, 7) is 0.00446. The maximum absolute atomic E-state index is 11.8. The number of nitriles is 1. The van der Waals surface area contributed by atoms with Gasteiger partial charge in [0.25, 0.3) is 5.91 Å². The Morgan fingerprint density at radius 1 is 1.40 bits per heavy atom. The zero-order valence-corrected chi connectivity index (χ0v) is 14.8. The second kappa shape index (κ2) is 8.34. The second-order valence-electron chi connectivity index (χ2n) is 5.81. The van der Waals surface area contributed by atoms with Crippen LogP contribution in [0.5, 0.6) is 0 Å². The Labute approximate surface area is 155 Å². The molecule has 0 bridgehead atoms. The predicted molar refractivity (Wildman–Crippen MR) is 94.0 cm³/mol. The van der Waals surface area contributed by atoms with Crippen LogP contribution in [0.1, 0.15) is 31.2 Å². The van der Waals surface area contributed by atoms with Gasteiger partial charge in [-0.25, -0.2) is 5.06 Å². The lowest BCUT2D eigenvalue weighted by molar-refractivity contribution is -0.159. The van der Waals surface area contributed by atoms with E-state index in [0.717, 1.165) is 0 Å². The van der Waals surface area contributed by atoms with Gasteiger partial charge in [-0.1, -0.05) is 29.3 Å². The van der Waals surface area contributed by atoms with Crippen molar-refractivity contribution in [2.75, 3.05) is 6.54 Å². The maximum Gasteiger partial charge on any atom is 0.269 e. The van der Waals surface area contributed by atoms with Crippen LogP contribution in [0.25, 0.3) is 6.08 Å². The molecule has 1 aliphatic rings. The first-order valence-corrected chi connectivity index (χ1v) is 8.46. The molecule has 0 heterocycles. The third kappa shape index (κ3) is 5.75. The number of carbonyl (C=O) groups is 2. The van der Waals surface area contributed by atoms with E-state index < -0.39 is 11.4 Å². The van der Waals surface area contributed by atoms with Crippen molar-refractivity contribution in [3.8, 4) is 6.07 Å². The minimum absolute atomic E-state index is 0.00446. The number of nitrogens with one attached hydrogen (secondary N) is 1. The van der Waals surface area contributed by atoms with Crippen LogP contribution in [0.2, 0.25) is 10.0 Å². The molecule has 0 saturated heterocycles. The number of amides is 2. The van der Waals surface area contributed by atoms with Crippen LogP contribution in [0, 0.1) is 11.3 Å². The molecule has 2 amide bonds. The normalized spacial score (nSPS) is 14.8. The van der Waals surface area contributed by atoms with Gasteiger partial charge in [0.2, 0.25) is 5.91 Å². The summed E-state index contributed by atoms with van der Waals surface area (Å²) in [5.74, 6) is -0.884. The van der Waals surface area contributed by atoms with Gasteiger partial charge in [-0.05, 0) is 43.0 Å². The highest BCUT2D eigenvalue weighted by atomic mass is 35.5. The smallest absolute Gasteiger partial charge is 0.269 e. The van der Waals surface area contributed by atoms with E-state index in [1.807, 2.05) is 0 Å². The molecule has 0 spiro atoms. The van der Waals surface area contributed by atoms with E-state index in [4.69, 9.17) is 28.5 Å². The largest absolute Gasteiger partial charge is 0.338 e. The molecule has 0 radical (unpaired) electrons. The zero-order chi connectivity index (χ0) is 18.4. The SMILES string of the molecule is N#CC1(NC(=O)CCCN(O)C(=O)/C=C/c2ccc(Cl)cc2Cl)CC1. The quantitative estimate of drug-likeness (QED) is 0.430. The molecular formula is C17H17Cl2N3O3. The van der Waals surface area contributed by atoms with E-state index in [9.17, 15) is 14.8 Å². The fourth-order valence-electron chi connectivity index (χ4n) is 2.10. The molecule has 0 aliphatic heterocycles. The summed E-state index contributed by atoms with van der Waals surface area (Å²) in [5.41, 5.74) is -0.106. The number of hydrogen-bond acceptors (Lipinski definition) is 4. The lowest BCUT2D eigenvalue weighted by Gasteiger charge is -2.13. The molecule has 8 heteroatoms. The first-order valence-electron chi connectivity index (χ1n) is 7.71. The van der Waals surface area contributed by atoms with Gasteiger partial charge in [0.05, 0.1) is 6.07 Å². The van der Waals surface area contributed by atoms with E-state index in [1.165, 1.54) is 12.2 Å². The highest BCUT2D eigenvalue weighted by Crippen LogP contribution is 2.34. The Morgan fingerprint density at radius 2 is 2.12 bits per heavy atom. The summed E-state index contributed by atoms with van der Waals surface area (Å²) in [7, 11) is 0. The monoisotopic (exact) mass is 381 g/mol. The Hall–Kier alpha value is -2.07. The number of halogens is 2. The molecule has 1 fully saturated rings. The van der Waals surface area contributed by atoms with E-state index in [1.54, 1.807) is 18.2 Å². The molecule has 6 nitrogen and oxygen atoms in total. The molecule has 1 aromatic rings. The molecule has 2 rings (SSSR count). The van der Waals surface area contributed by atoms with Crippen molar-refractivity contribution < 1.29 is 14.8 Å². The van der Waals surface area contributed by atoms with Crippen LogP contribution in [0.15, 0.2) is 24.3 Å². The van der Waals surface area contributed by atoms with Crippen LogP contribution < -0.4 is 5.32 Å². The van der Waals surface area contributed by atoms with Crippen molar-refractivity contribution in [3.63, 3.8) is 0 Å². The molecule has 1 aliphatic carbocycles. The summed E-state index contributed by atoms with van der Waals surface area (Å²) in [6, 6.07) is 6.91. The number of nitrogens with zero attached hydrogens (tertiary/aromatic N) is 2. The summed E-state index contributed by atoms with van der Waals surface area (Å²) in [4.78, 5) is 23.5. The number of benzene rings is 1. The predicted octanol–water partition coefficient (Wildman–Crippen LogP) is 3.18. The van der Waals surface area contributed by atoms with Crippen molar-refractivity contribution in [3.05, 3.63) is 39.9 Å². The van der Waals surface area contributed by atoms with Crippen molar-refractivity contribution in [2.24, 2.45) is 0 Å². The van der Waals surface area contributed by atoms with Crippen molar-refractivity contribution >= 4 is 41.1 Å². The minimum Gasteiger partial charge on any atom is -0.338 e. The molecule has 0 aromatic heterocycles. The standard InChI is InChI=1S/C17H17Cl2N3O3/c18-13-5-3-12(14(19)10-13)4-6-16(24)22(25)9-1-2-15(23)21-17(11-20)7-8-17/h3-6,10,25H,1-2,7-9H2,(H,21,23)/b6-4+. The van der Waals surface area contributed by atoms with Gasteiger partial charge in [0.15, 0.2) is 0 Å². The third-order valence-corrected chi connectivity index (χ3v) is 4.30. The van der Waals surface area contributed by atoms with E-state index in [-0.39, 0.29) is 25.3 Å². The van der Waals surface area contributed by atoms with Gasteiger partial charge in [-0.15, -0.1) is 0 Å². The highest BCUT2D eigenvalue weighted by Gasteiger charge is 2.44. The summed E-state index contributed by atoms with van der Waals surface area (Å²) in [6.07, 6.45) is 4.40. The average Bonchev–Trinajstić information content (AvgIpc) is 3.33. The third-order valence-electron chi connectivity index (χ3n) is 3.74. The zero-order valence-electron chi connectivity index (χ0n) is 13.3. The van der Waals surface area contributed by atoms with Crippen LogP contribution >= 0.6 is 23.2 Å². The van der Waals surface area contributed by atoms with Gasteiger partial charge in [0.1, 0.15) is 5.54 Å². The average molecular weight is 382 g/mol. The lowest BCUT2D eigenvalue weighted by atomic mass is 10.2. The van der Waals surface area contributed by atoms with Gasteiger partial charge in [-0.3, -0.25) is 14.8 Å². The second-order valence-corrected chi connectivity index (χ2v) is 6.65. The molecule has 25 heavy (non-hydrogen) atoms. The van der Waals surface area contributed by atoms with Crippen LogP contribution in [-0.4, -0.2) is 34.2 Å². The first kappa shape index (κ1) is 19.3. The van der Waals surface area contributed by atoms with E-state index in [0.29, 0.717) is 33.5 Å². The Balaban J connectivity index is 1.75. The van der Waals surface area contributed by atoms with Crippen LogP contribution in [0.4, 0.5) is 0 Å². The van der Waals surface area contributed by atoms with Gasteiger partial charge < -0.3 is 5.32 Å². The maximum atomic E-state index is 11.8. The highest BCUT2D eigenvalue weighted by molar-refractivity contribution is 6.35. The van der Waals surface area contributed by atoms with Crippen molar-refractivity contribution in [1.82, 2.24) is 10.4 Å². The molecular weight excluding hydrogens is 365 g/mol. The van der Waals surface area contributed by atoms with Crippen molar-refractivity contribution in [1.29, 1.82) is 5.26 Å². The number of rotatable bonds is 7. The number of carbonyl (C=O) groups excluding carboxylic acids is 2. The van der Waals surface area contributed by atoms with Gasteiger partial charge in [0, 0.05) is 29.1 Å². The molecule has 1 saturated carbocycles. The topological polar surface area (TPSA) is 93.4 Å². The molecule has 0 atom stereocenters. The van der Waals surface area contributed by atoms with Crippen LogP contribution in [0.3, 0.4) is 0 Å². The Kier molecular flexibility index (Phi) is 6.43. The summed E-state index contributed by atoms with van der Waals surface area (Å²) >= 11 is 11.8.